The number of carbonyl (C=O) groups is 1. The van der Waals surface area contributed by atoms with E-state index in [1.54, 1.807) is 0 Å². The van der Waals surface area contributed by atoms with Crippen molar-refractivity contribution in [3.63, 3.8) is 0 Å². The fraction of sp³-hybridized carbons (Fsp3) is 0.833. The highest BCUT2D eigenvalue weighted by Crippen LogP contribution is 2.37. The molecular weight excluding hydrogens is 136 g/mol. The molecule has 0 bridgehead atoms. The van der Waals surface area contributed by atoms with E-state index < -0.39 is 17.5 Å². The monoisotopic (exact) mass is 146 g/mol. The predicted octanol–water partition coefficient (Wildman–Crippen LogP) is -0.796. The van der Waals surface area contributed by atoms with Gasteiger partial charge in [-0.25, -0.2) is 0 Å². The van der Waals surface area contributed by atoms with Gasteiger partial charge < -0.3 is 15.3 Å². The molecule has 3 N–H and O–H groups in total. The quantitative estimate of drug-likeness (QED) is 0.477. The Morgan fingerprint density at radius 2 is 2.10 bits per heavy atom. The Bertz CT molecular complexity index is 148. The van der Waals surface area contributed by atoms with Crippen LogP contribution < -0.4 is 0 Å². The first-order chi connectivity index (χ1) is 4.57. The van der Waals surface area contributed by atoms with E-state index >= 15 is 0 Å². The van der Waals surface area contributed by atoms with Gasteiger partial charge in [0.1, 0.15) is 0 Å². The summed E-state index contributed by atoms with van der Waals surface area (Å²) < 4.78 is 0. The van der Waals surface area contributed by atoms with Crippen LogP contribution in [0.3, 0.4) is 0 Å². The molecule has 10 heavy (non-hydrogen) atoms. The second-order valence-corrected chi connectivity index (χ2v) is 2.83. The lowest BCUT2D eigenvalue weighted by atomic mass is 9.71. The van der Waals surface area contributed by atoms with Gasteiger partial charge in [0.2, 0.25) is 0 Å². The highest BCUT2D eigenvalue weighted by atomic mass is 16.4. The molecule has 0 amide bonds. The Balaban J connectivity index is 2.36. The summed E-state index contributed by atoms with van der Waals surface area (Å²) in [6, 6.07) is 0. The molecule has 0 aliphatic heterocycles. The lowest BCUT2D eigenvalue weighted by Gasteiger charge is -2.39. The molecule has 0 aromatic carbocycles. The van der Waals surface area contributed by atoms with Crippen LogP contribution in [0, 0.1) is 5.92 Å². The van der Waals surface area contributed by atoms with Crippen molar-refractivity contribution in [3.05, 3.63) is 0 Å². The minimum absolute atomic E-state index is 0.179. The number of hydrogen-bond acceptors (Lipinski definition) is 3. The van der Waals surface area contributed by atoms with E-state index in [1.807, 2.05) is 0 Å². The Hall–Kier alpha value is -0.610. The molecule has 0 saturated heterocycles. The zero-order valence-electron chi connectivity index (χ0n) is 5.45. The first kappa shape index (κ1) is 7.50. The summed E-state index contributed by atoms with van der Waals surface area (Å²) in [5.74, 6) is -1.35. The molecule has 4 heteroatoms. The van der Waals surface area contributed by atoms with E-state index in [4.69, 9.17) is 15.3 Å². The van der Waals surface area contributed by atoms with Crippen LogP contribution in [0.15, 0.2) is 0 Å². The van der Waals surface area contributed by atoms with Crippen LogP contribution in [0.4, 0.5) is 0 Å². The maximum Gasteiger partial charge on any atom is 0.306 e. The SMILES string of the molecule is O=C(O)C1CC(O)(CO)C1. The number of aliphatic carboxylic acids is 1. The maximum atomic E-state index is 10.2. The molecule has 0 aromatic heterocycles. The number of carboxylic acids is 1. The lowest BCUT2D eigenvalue weighted by molar-refractivity contribution is -0.163. The van der Waals surface area contributed by atoms with E-state index in [-0.39, 0.29) is 19.4 Å². The summed E-state index contributed by atoms with van der Waals surface area (Å²) in [5, 5.41) is 26.0. The standard InChI is InChI=1S/C6H10O4/c7-3-6(10)1-4(2-6)5(8)9/h4,7,10H,1-3H2,(H,8,9). The molecule has 1 rings (SSSR count). The minimum Gasteiger partial charge on any atom is -0.481 e. The Labute approximate surface area is 58.1 Å². The van der Waals surface area contributed by atoms with Crippen molar-refractivity contribution in [2.75, 3.05) is 6.61 Å². The Morgan fingerprint density at radius 1 is 1.60 bits per heavy atom. The van der Waals surface area contributed by atoms with Gasteiger partial charge in [0.15, 0.2) is 0 Å². The van der Waals surface area contributed by atoms with Crippen LogP contribution in [-0.2, 0) is 4.79 Å². The number of hydrogen-bond donors (Lipinski definition) is 3. The van der Waals surface area contributed by atoms with Gasteiger partial charge in [-0.1, -0.05) is 0 Å². The van der Waals surface area contributed by atoms with Gasteiger partial charge in [-0.2, -0.15) is 0 Å². The summed E-state index contributed by atoms with van der Waals surface area (Å²) in [5.41, 5.74) is -1.11. The Kier molecular flexibility index (Phi) is 1.66. The average molecular weight is 146 g/mol. The molecule has 4 nitrogen and oxygen atoms in total. The molecule has 1 aliphatic rings. The molecule has 0 aromatic rings. The van der Waals surface area contributed by atoms with Crippen LogP contribution in [0.25, 0.3) is 0 Å². The number of aliphatic hydroxyl groups excluding tert-OH is 1. The van der Waals surface area contributed by atoms with Crippen molar-refractivity contribution in [2.24, 2.45) is 5.92 Å². The summed E-state index contributed by atoms with van der Waals surface area (Å²) in [4.78, 5) is 10.2. The third kappa shape index (κ3) is 1.12. The number of rotatable bonds is 2. The van der Waals surface area contributed by atoms with Crippen molar-refractivity contribution < 1.29 is 20.1 Å². The first-order valence-electron chi connectivity index (χ1n) is 3.13. The van der Waals surface area contributed by atoms with Gasteiger partial charge >= 0.3 is 5.97 Å². The third-order valence-electron chi connectivity index (χ3n) is 1.90. The van der Waals surface area contributed by atoms with E-state index in [0.29, 0.717) is 0 Å². The molecule has 1 saturated carbocycles. The van der Waals surface area contributed by atoms with Gasteiger partial charge in [-0.15, -0.1) is 0 Å². The fourth-order valence-corrected chi connectivity index (χ4v) is 1.16. The van der Waals surface area contributed by atoms with Crippen molar-refractivity contribution in [1.29, 1.82) is 0 Å². The summed E-state index contributed by atoms with van der Waals surface area (Å²) in [6.45, 7) is -0.337. The molecule has 0 atom stereocenters. The second kappa shape index (κ2) is 2.21. The smallest absolute Gasteiger partial charge is 0.306 e. The first-order valence-corrected chi connectivity index (χ1v) is 3.13. The van der Waals surface area contributed by atoms with E-state index in [0.717, 1.165) is 0 Å². The van der Waals surface area contributed by atoms with Crippen LogP contribution in [0.5, 0.6) is 0 Å². The summed E-state index contributed by atoms with van der Waals surface area (Å²) in [6.07, 6.45) is 0.359. The van der Waals surface area contributed by atoms with Crippen molar-refractivity contribution in [1.82, 2.24) is 0 Å². The highest BCUT2D eigenvalue weighted by molar-refractivity contribution is 5.71. The summed E-state index contributed by atoms with van der Waals surface area (Å²) in [7, 11) is 0. The van der Waals surface area contributed by atoms with E-state index in [9.17, 15) is 4.79 Å². The van der Waals surface area contributed by atoms with Gasteiger partial charge in [0.05, 0.1) is 18.1 Å². The molecule has 1 fully saturated rings. The predicted molar refractivity (Wildman–Crippen MR) is 32.4 cm³/mol. The second-order valence-electron chi connectivity index (χ2n) is 2.83. The summed E-state index contributed by atoms with van der Waals surface area (Å²) >= 11 is 0. The lowest BCUT2D eigenvalue weighted by Crippen LogP contribution is -2.49. The van der Waals surface area contributed by atoms with Crippen LogP contribution in [0.1, 0.15) is 12.8 Å². The molecule has 58 valence electrons. The zero-order chi connectivity index (χ0) is 7.78. The molecule has 1 aliphatic carbocycles. The fourth-order valence-electron chi connectivity index (χ4n) is 1.16. The van der Waals surface area contributed by atoms with Crippen LogP contribution in [0.2, 0.25) is 0 Å². The van der Waals surface area contributed by atoms with Crippen LogP contribution in [-0.4, -0.2) is 33.5 Å². The highest BCUT2D eigenvalue weighted by Gasteiger charge is 2.45. The number of aliphatic hydroxyl groups is 2. The molecule has 0 unspecified atom stereocenters. The zero-order valence-corrected chi connectivity index (χ0v) is 5.45. The Morgan fingerprint density at radius 3 is 2.40 bits per heavy atom. The molecular formula is C6H10O4. The molecule has 0 heterocycles. The van der Waals surface area contributed by atoms with Crippen LogP contribution >= 0.6 is 0 Å². The number of carboxylic acid groups (broad SMARTS) is 1. The van der Waals surface area contributed by atoms with Gasteiger partial charge in [-0.05, 0) is 12.8 Å². The van der Waals surface area contributed by atoms with Gasteiger partial charge in [0, 0.05) is 0 Å². The minimum atomic E-state index is -1.11. The molecule has 0 spiro atoms. The van der Waals surface area contributed by atoms with E-state index in [2.05, 4.69) is 0 Å². The normalized spacial score (nSPS) is 38.8. The largest absolute Gasteiger partial charge is 0.481 e. The van der Waals surface area contributed by atoms with Crippen molar-refractivity contribution in [3.8, 4) is 0 Å². The average Bonchev–Trinajstić information content (AvgIpc) is 1.80. The van der Waals surface area contributed by atoms with Gasteiger partial charge in [0.25, 0.3) is 0 Å². The van der Waals surface area contributed by atoms with Gasteiger partial charge in [-0.3, -0.25) is 4.79 Å². The maximum absolute atomic E-state index is 10.2. The topological polar surface area (TPSA) is 77.8 Å². The molecule has 0 radical (unpaired) electrons. The van der Waals surface area contributed by atoms with Crippen molar-refractivity contribution in [2.45, 2.75) is 18.4 Å². The van der Waals surface area contributed by atoms with E-state index in [1.165, 1.54) is 0 Å². The third-order valence-corrected chi connectivity index (χ3v) is 1.90. The van der Waals surface area contributed by atoms with Crippen molar-refractivity contribution >= 4 is 5.97 Å².